The van der Waals surface area contributed by atoms with Gasteiger partial charge in [0.2, 0.25) is 0 Å². The van der Waals surface area contributed by atoms with Crippen LogP contribution in [0.2, 0.25) is 0 Å². The third kappa shape index (κ3) is 3.61. The lowest BCUT2D eigenvalue weighted by atomic mass is 10.2. The molecular weight excluding hydrogens is 290 g/mol. The second-order valence-electron chi connectivity index (χ2n) is 4.45. The summed E-state index contributed by atoms with van der Waals surface area (Å²) in [5.41, 5.74) is 0.680. The number of anilines is 1. The molecule has 0 heterocycles. The molecule has 0 bridgehead atoms. The Bertz CT molecular complexity index is 751. The molecule has 5 nitrogen and oxygen atoms in total. The van der Waals surface area contributed by atoms with Gasteiger partial charge in [0.15, 0.2) is 9.84 Å². The van der Waals surface area contributed by atoms with Crippen molar-refractivity contribution in [2.75, 3.05) is 18.7 Å². The lowest BCUT2D eigenvalue weighted by Crippen LogP contribution is -2.14. The van der Waals surface area contributed by atoms with Crippen LogP contribution >= 0.6 is 0 Å². The molecule has 0 saturated carbocycles. The van der Waals surface area contributed by atoms with Crippen LogP contribution in [0.4, 0.5) is 5.69 Å². The van der Waals surface area contributed by atoms with Crippen LogP contribution in [0.5, 0.6) is 5.75 Å². The summed E-state index contributed by atoms with van der Waals surface area (Å²) in [5.74, 6) is 0.261. The predicted molar refractivity (Wildman–Crippen MR) is 80.5 cm³/mol. The van der Waals surface area contributed by atoms with Crippen LogP contribution in [0.25, 0.3) is 0 Å². The summed E-state index contributed by atoms with van der Waals surface area (Å²) in [7, 11) is -1.87. The summed E-state index contributed by atoms with van der Waals surface area (Å²) < 4.78 is 28.4. The molecule has 0 fully saturated rings. The standard InChI is InChI=1S/C15H15NO4S/c1-20-12-9-7-11(8-10-12)15(17)16-13-5-3-4-6-14(13)21(2,18)19/h3-10H,1-2H3,(H,16,17). The van der Waals surface area contributed by atoms with Gasteiger partial charge in [0.1, 0.15) is 5.75 Å². The molecular formula is C15H15NO4S. The van der Waals surface area contributed by atoms with Crippen LogP contribution in [-0.4, -0.2) is 27.7 Å². The number of benzene rings is 2. The van der Waals surface area contributed by atoms with E-state index in [1.165, 1.54) is 13.2 Å². The van der Waals surface area contributed by atoms with Crippen LogP contribution < -0.4 is 10.1 Å². The number of hydrogen-bond donors (Lipinski definition) is 1. The van der Waals surface area contributed by atoms with E-state index in [-0.39, 0.29) is 16.5 Å². The molecule has 0 aliphatic rings. The highest BCUT2D eigenvalue weighted by Crippen LogP contribution is 2.21. The molecule has 0 saturated heterocycles. The summed E-state index contributed by atoms with van der Waals surface area (Å²) in [6, 6.07) is 12.8. The van der Waals surface area contributed by atoms with E-state index in [1.54, 1.807) is 42.5 Å². The zero-order valence-corrected chi connectivity index (χ0v) is 12.5. The second-order valence-corrected chi connectivity index (χ2v) is 6.44. The number of ether oxygens (including phenoxy) is 1. The van der Waals surface area contributed by atoms with E-state index in [9.17, 15) is 13.2 Å². The highest BCUT2D eigenvalue weighted by atomic mass is 32.2. The fourth-order valence-corrected chi connectivity index (χ4v) is 2.67. The van der Waals surface area contributed by atoms with E-state index in [2.05, 4.69) is 5.32 Å². The fourth-order valence-electron chi connectivity index (χ4n) is 1.83. The van der Waals surface area contributed by atoms with Gasteiger partial charge in [-0.1, -0.05) is 12.1 Å². The minimum atomic E-state index is -3.41. The van der Waals surface area contributed by atoms with Crippen LogP contribution in [0.15, 0.2) is 53.4 Å². The van der Waals surface area contributed by atoms with E-state index in [0.29, 0.717) is 11.3 Å². The Morgan fingerprint density at radius 2 is 1.67 bits per heavy atom. The average Bonchev–Trinajstić information content (AvgIpc) is 2.47. The van der Waals surface area contributed by atoms with Crippen molar-refractivity contribution in [2.24, 2.45) is 0 Å². The number of rotatable bonds is 4. The second kappa shape index (κ2) is 5.97. The van der Waals surface area contributed by atoms with E-state index >= 15 is 0 Å². The van der Waals surface area contributed by atoms with Crippen molar-refractivity contribution in [1.29, 1.82) is 0 Å². The maximum atomic E-state index is 12.1. The Labute approximate surface area is 123 Å². The highest BCUT2D eigenvalue weighted by Gasteiger charge is 2.15. The van der Waals surface area contributed by atoms with Gasteiger partial charge in [-0.3, -0.25) is 4.79 Å². The summed E-state index contributed by atoms with van der Waals surface area (Å²) in [4.78, 5) is 12.2. The Balaban J connectivity index is 2.27. The van der Waals surface area contributed by atoms with E-state index in [0.717, 1.165) is 6.26 Å². The van der Waals surface area contributed by atoms with Gasteiger partial charge in [0.05, 0.1) is 17.7 Å². The average molecular weight is 305 g/mol. The van der Waals surface area contributed by atoms with Crippen molar-refractivity contribution in [2.45, 2.75) is 4.90 Å². The molecule has 1 N–H and O–H groups in total. The SMILES string of the molecule is COc1ccc(C(=O)Nc2ccccc2S(C)(=O)=O)cc1. The van der Waals surface area contributed by atoms with Crippen LogP contribution in [-0.2, 0) is 9.84 Å². The molecule has 110 valence electrons. The van der Waals surface area contributed by atoms with Crippen molar-refractivity contribution < 1.29 is 17.9 Å². The number of carbonyl (C=O) groups is 1. The summed E-state index contributed by atoms with van der Waals surface area (Å²) >= 11 is 0. The normalized spacial score (nSPS) is 11.0. The smallest absolute Gasteiger partial charge is 0.255 e. The molecule has 1 amide bonds. The molecule has 21 heavy (non-hydrogen) atoms. The van der Waals surface area contributed by atoms with E-state index in [4.69, 9.17) is 4.74 Å². The first kappa shape index (κ1) is 15.1. The Kier molecular flexibility index (Phi) is 4.28. The molecule has 0 aliphatic carbocycles. The van der Waals surface area contributed by atoms with Crippen molar-refractivity contribution in [3.8, 4) is 5.75 Å². The molecule has 0 aliphatic heterocycles. The minimum absolute atomic E-state index is 0.0897. The maximum absolute atomic E-state index is 12.1. The number of para-hydroxylation sites is 1. The van der Waals surface area contributed by atoms with Gasteiger partial charge >= 0.3 is 0 Å². The van der Waals surface area contributed by atoms with Crippen molar-refractivity contribution >= 4 is 21.4 Å². The topological polar surface area (TPSA) is 72.5 Å². The van der Waals surface area contributed by atoms with Gasteiger partial charge < -0.3 is 10.1 Å². The number of sulfone groups is 1. The number of nitrogens with one attached hydrogen (secondary N) is 1. The van der Waals surface area contributed by atoms with Crippen molar-refractivity contribution in [1.82, 2.24) is 0 Å². The van der Waals surface area contributed by atoms with Gasteiger partial charge in [-0.2, -0.15) is 0 Å². The number of amides is 1. The molecule has 0 radical (unpaired) electrons. The third-order valence-corrected chi connectivity index (χ3v) is 4.04. The fraction of sp³-hybridized carbons (Fsp3) is 0.133. The van der Waals surface area contributed by atoms with Crippen LogP contribution in [0.1, 0.15) is 10.4 Å². The Morgan fingerprint density at radius 1 is 1.05 bits per heavy atom. The summed E-state index contributed by atoms with van der Waals surface area (Å²) in [6.07, 6.45) is 1.10. The largest absolute Gasteiger partial charge is 0.497 e. The molecule has 0 unspecified atom stereocenters. The third-order valence-electron chi connectivity index (χ3n) is 2.89. The number of methoxy groups -OCH3 is 1. The first-order valence-corrected chi connectivity index (χ1v) is 8.05. The monoisotopic (exact) mass is 305 g/mol. The number of hydrogen-bond acceptors (Lipinski definition) is 4. The molecule has 0 atom stereocenters. The molecule has 2 aromatic carbocycles. The minimum Gasteiger partial charge on any atom is -0.497 e. The van der Waals surface area contributed by atoms with E-state index in [1.807, 2.05) is 0 Å². The first-order valence-electron chi connectivity index (χ1n) is 6.16. The van der Waals surface area contributed by atoms with Gasteiger partial charge in [-0.05, 0) is 36.4 Å². The predicted octanol–water partition coefficient (Wildman–Crippen LogP) is 2.35. The first-order chi connectivity index (χ1) is 9.91. The van der Waals surface area contributed by atoms with Gasteiger partial charge in [-0.15, -0.1) is 0 Å². The molecule has 2 aromatic rings. The highest BCUT2D eigenvalue weighted by molar-refractivity contribution is 7.90. The molecule has 2 rings (SSSR count). The molecule has 0 spiro atoms. The Hall–Kier alpha value is -2.34. The Morgan fingerprint density at radius 3 is 2.24 bits per heavy atom. The van der Waals surface area contributed by atoms with Crippen molar-refractivity contribution in [3.05, 3.63) is 54.1 Å². The lowest BCUT2D eigenvalue weighted by molar-refractivity contribution is 0.102. The van der Waals surface area contributed by atoms with Crippen molar-refractivity contribution in [3.63, 3.8) is 0 Å². The molecule has 0 aromatic heterocycles. The summed E-state index contributed by atoms with van der Waals surface area (Å²) in [5, 5.41) is 2.61. The summed E-state index contributed by atoms with van der Waals surface area (Å²) in [6.45, 7) is 0. The lowest BCUT2D eigenvalue weighted by Gasteiger charge is -2.10. The van der Waals surface area contributed by atoms with E-state index < -0.39 is 9.84 Å². The zero-order valence-electron chi connectivity index (χ0n) is 11.7. The van der Waals surface area contributed by atoms with Gasteiger partial charge in [-0.25, -0.2) is 8.42 Å². The molecule has 6 heteroatoms. The maximum Gasteiger partial charge on any atom is 0.255 e. The zero-order chi connectivity index (χ0) is 15.5. The van der Waals surface area contributed by atoms with Gasteiger partial charge in [0, 0.05) is 11.8 Å². The van der Waals surface area contributed by atoms with Gasteiger partial charge in [0.25, 0.3) is 5.91 Å². The van der Waals surface area contributed by atoms with Crippen LogP contribution in [0.3, 0.4) is 0 Å². The quantitative estimate of drug-likeness (QED) is 0.941. The van der Waals surface area contributed by atoms with Crippen LogP contribution in [0, 0.1) is 0 Å². The number of carbonyl (C=O) groups excluding carboxylic acids is 1.